The first-order valence-corrected chi connectivity index (χ1v) is 7.06. The lowest BCUT2D eigenvalue weighted by atomic mass is 10.1. The third-order valence-corrected chi connectivity index (χ3v) is 4.21. The minimum atomic E-state index is 0.436. The van der Waals surface area contributed by atoms with E-state index in [9.17, 15) is 0 Å². The van der Waals surface area contributed by atoms with Gasteiger partial charge in [0, 0.05) is 10.6 Å². The first-order valence-electron chi connectivity index (χ1n) is 5.51. The molecule has 5 heteroatoms. The zero-order valence-corrected chi connectivity index (χ0v) is 13.1. The SMILES string of the molecule is CCc1nc(-c2ccc(Cl)cc2C)nc(Cl)c1Br. The molecule has 0 N–H and O–H groups in total. The Balaban J connectivity index is 2.60. The zero-order valence-electron chi connectivity index (χ0n) is 9.97. The quantitative estimate of drug-likeness (QED) is 0.709. The summed E-state index contributed by atoms with van der Waals surface area (Å²) in [4.78, 5) is 8.83. The van der Waals surface area contributed by atoms with Gasteiger partial charge in [0.25, 0.3) is 0 Å². The van der Waals surface area contributed by atoms with Gasteiger partial charge >= 0.3 is 0 Å². The Hall–Kier alpha value is -0.640. The summed E-state index contributed by atoms with van der Waals surface area (Å²) in [6.07, 6.45) is 0.794. The van der Waals surface area contributed by atoms with E-state index in [2.05, 4.69) is 25.9 Å². The molecule has 0 spiro atoms. The number of aromatic nitrogens is 2. The van der Waals surface area contributed by atoms with Gasteiger partial charge in [-0.25, -0.2) is 9.97 Å². The van der Waals surface area contributed by atoms with Gasteiger partial charge in [0.1, 0.15) is 5.15 Å². The molecule has 0 unspecified atom stereocenters. The van der Waals surface area contributed by atoms with Crippen LogP contribution in [0.25, 0.3) is 11.4 Å². The Morgan fingerprint density at radius 3 is 2.56 bits per heavy atom. The summed E-state index contributed by atoms with van der Waals surface area (Å²) in [5.41, 5.74) is 2.88. The standard InChI is InChI=1S/C13H11BrCl2N2/c1-3-10-11(14)12(16)18-13(17-10)9-5-4-8(15)6-7(9)2/h4-6H,3H2,1-2H3. The highest BCUT2D eigenvalue weighted by atomic mass is 79.9. The Bertz CT molecular complexity index is 600. The molecular weight excluding hydrogens is 335 g/mol. The van der Waals surface area contributed by atoms with E-state index in [4.69, 9.17) is 23.2 Å². The fourth-order valence-electron chi connectivity index (χ4n) is 1.70. The van der Waals surface area contributed by atoms with E-state index < -0.39 is 0 Å². The molecule has 1 aromatic heterocycles. The van der Waals surface area contributed by atoms with Crippen molar-refractivity contribution in [1.82, 2.24) is 9.97 Å². The Morgan fingerprint density at radius 1 is 1.22 bits per heavy atom. The predicted octanol–water partition coefficient (Wildman–Crippen LogP) is 5.08. The van der Waals surface area contributed by atoms with E-state index in [0.29, 0.717) is 16.0 Å². The molecule has 0 aliphatic heterocycles. The van der Waals surface area contributed by atoms with Crippen LogP contribution in [0.2, 0.25) is 10.2 Å². The number of rotatable bonds is 2. The maximum atomic E-state index is 6.11. The summed E-state index contributed by atoms with van der Waals surface area (Å²) < 4.78 is 0.766. The van der Waals surface area contributed by atoms with Crippen LogP contribution in [0.1, 0.15) is 18.2 Å². The summed E-state index contributed by atoms with van der Waals surface area (Å²) in [6, 6.07) is 5.63. The highest BCUT2D eigenvalue weighted by Gasteiger charge is 2.12. The maximum Gasteiger partial charge on any atom is 0.161 e. The van der Waals surface area contributed by atoms with Gasteiger partial charge in [0.2, 0.25) is 0 Å². The van der Waals surface area contributed by atoms with Crippen LogP contribution in [0, 0.1) is 6.92 Å². The van der Waals surface area contributed by atoms with Crippen molar-refractivity contribution in [3.05, 3.63) is 44.1 Å². The monoisotopic (exact) mass is 344 g/mol. The van der Waals surface area contributed by atoms with Crippen molar-refractivity contribution in [3.63, 3.8) is 0 Å². The third kappa shape index (κ3) is 2.68. The van der Waals surface area contributed by atoms with E-state index in [1.165, 1.54) is 0 Å². The molecular formula is C13H11BrCl2N2. The molecule has 1 heterocycles. The molecule has 0 aliphatic rings. The summed E-state index contributed by atoms with van der Waals surface area (Å²) in [7, 11) is 0. The number of hydrogen-bond donors (Lipinski definition) is 0. The molecule has 2 nitrogen and oxygen atoms in total. The Morgan fingerprint density at radius 2 is 1.94 bits per heavy atom. The molecule has 0 aliphatic carbocycles. The van der Waals surface area contributed by atoms with E-state index in [1.807, 2.05) is 32.0 Å². The van der Waals surface area contributed by atoms with Gasteiger partial charge in [-0.05, 0) is 53.0 Å². The second-order valence-electron chi connectivity index (χ2n) is 3.91. The van der Waals surface area contributed by atoms with Crippen molar-refractivity contribution in [2.24, 2.45) is 0 Å². The predicted molar refractivity (Wildman–Crippen MR) is 79.3 cm³/mol. The molecule has 94 valence electrons. The Kier molecular flexibility index (Phi) is 4.25. The Labute approximate surface area is 124 Å². The van der Waals surface area contributed by atoms with Crippen LogP contribution in [0.15, 0.2) is 22.7 Å². The first-order chi connectivity index (χ1) is 8.52. The lowest BCUT2D eigenvalue weighted by Crippen LogP contribution is -1.98. The van der Waals surface area contributed by atoms with Crippen LogP contribution in [-0.4, -0.2) is 9.97 Å². The maximum absolute atomic E-state index is 6.11. The molecule has 0 atom stereocenters. The van der Waals surface area contributed by atoms with Crippen LogP contribution >= 0.6 is 39.1 Å². The van der Waals surface area contributed by atoms with Crippen LogP contribution in [0.4, 0.5) is 0 Å². The largest absolute Gasteiger partial charge is 0.232 e. The smallest absolute Gasteiger partial charge is 0.161 e. The van der Waals surface area contributed by atoms with Crippen molar-refractivity contribution in [1.29, 1.82) is 0 Å². The van der Waals surface area contributed by atoms with E-state index in [0.717, 1.165) is 27.7 Å². The summed E-state index contributed by atoms with van der Waals surface area (Å²) in [6.45, 7) is 4.01. The topological polar surface area (TPSA) is 25.8 Å². The van der Waals surface area contributed by atoms with Gasteiger partial charge in [-0.1, -0.05) is 30.1 Å². The lowest BCUT2D eigenvalue weighted by molar-refractivity contribution is 0.989. The molecule has 2 aromatic rings. The molecule has 0 radical (unpaired) electrons. The van der Waals surface area contributed by atoms with Gasteiger partial charge in [-0.3, -0.25) is 0 Å². The van der Waals surface area contributed by atoms with E-state index >= 15 is 0 Å². The molecule has 0 saturated carbocycles. The average molecular weight is 346 g/mol. The van der Waals surface area contributed by atoms with Crippen molar-refractivity contribution < 1.29 is 0 Å². The minimum absolute atomic E-state index is 0.436. The number of hydrogen-bond acceptors (Lipinski definition) is 2. The molecule has 0 saturated heterocycles. The van der Waals surface area contributed by atoms with Crippen LogP contribution in [0.3, 0.4) is 0 Å². The highest BCUT2D eigenvalue weighted by Crippen LogP contribution is 2.29. The van der Waals surface area contributed by atoms with Crippen molar-refractivity contribution in [2.75, 3.05) is 0 Å². The number of aryl methyl sites for hydroxylation is 2. The summed E-state index contributed by atoms with van der Waals surface area (Å²) >= 11 is 15.5. The number of nitrogens with zero attached hydrogens (tertiary/aromatic N) is 2. The summed E-state index contributed by atoms with van der Waals surface area (Å²) in [5.74, 6) is 0.634. The van der Waals surface area contributed by atoms with Gasteiger partial charge in [-0.2, -0.15) is 0 Å². The second kappa shape index (κ2) is 5.55. The molecule has 0 amide bonds. The van der Waals surface area contributed by atoms with Gasteiger partial charge in [0.05, 0.1) is 10.2 Å². The van der Waals surface area contributed by atoms with Crippen molar-refractivity contribution in [3.8, 4) is 11.4 Å². The third-order valence-electron chi connectivity index (χ3n) is 2.64. The number of benzene rings is 1. The van der Waals surface area contributed by atoms with Gasteiger partial charge in [-0.15, -0.1) is 0 Å². The highest BCUT2D eigenvalue weighted by molar-refractivity contribution is 9.10. The summed E-state index contributed by atoms with van der Waals surface area (Å²) in [5, 5.41) is 1.14. The first kappa shape index (κ1) is 13.8. The molecule has 2 rings (SSSR count). The number of halogens is 3. The van der Waals surface area contributed by atoms with E-state index in [-0.39, 0.29) is 0 Å². The van der Waals surface area contributed by atoms with Gasteiger partial charge in [0.15, 0.2) is 5.82 Å². The van der Waals surface area contributed by atoms with E-state index in [1.54, 1.807) is 0 Å². The minimum Gasteiger partial charge on any atom is -0.232 e. The van der Waals surface area contributed by atoms with Crippen LogP contribution < -0.4 is 0 Å². The van der Waals surface area contributed by atoms with Crippen molar-refractivity contribution in [2.45, 2.75) is 20.3 Å². The zero-order chi connectivity index (χ0) is 13.3. The van der Waals surface area contributed by atoms with Crippen LogP contribution in [0.5, 0.6) is 0 Å². The fourth-order valence-corrected chi connectivity index (χ4v) is 2.57. The molecule has 0 fully saturated rings. The average Bonchev–Trinajstić information content (AvgIpc) is 2.32. The molecule has 1 aromatic carbocycles. The lowest BCUT2D eigenvalue weighted by Gasteiger charge is -2.09. The van der Waals surface area contributed by atoms with Crippen molar-refractivity contribution >= 4 is 39.1 Å². The molecule has 0 bridgehead atoms. The van der Waals surface area contributed by atoms with Gasteiger partial charge < -0.3 is 0 Å². The normalized spacial score (nSPS) is 10.7. The van der Waals surface area contributed by atoms with Crippen LogP contribution in [-0.2, 0) is 6.42 Å². The second-order valence-corrected chi connectivity index (χ2v) is 5.50. The molecule has 18 heavy (non-hydrogen) atoms. The fraction of sp³-hybridized carbons (Fsp3) is 0.231.